The summed E-state index contributed by atoms with van der Waals surface area (Å²) in [7, 11) is 0. The number of anilines is 2. The lowest BCUT2D eigenvalue weighted by Gasteiger charge is -2.33. The van der Waals surface area contributed by atoms with Gasteiger partial charge in [0, 0.05) is 49.1 Å². The second-order valence-electron chi connectivity index (χ2n) is 11.4. The average molecular weight is 609 g/mol. The largest absolute Gasteiger partial charge is 1.00 e. The number of ether oxygens (including phenoxy) is 1. The van der Waals surface area contributed by atoms with Crippen LogP contribution in [0.5, 0.6) is 0 Å². The molecule has 14 nitrogen and oxygen atoms in total. The first-order valence-electron chi connectivity index (χ1n) is 13.9. The highest BCUT2D eigenvalue weighted by molar-refractivity contribution is 5.68. The van der Waals surface area contributed by atoms with E-state index in [-0.39, 0.29) is 35.9 Å². The van der Waals surface area contributed by atoms with Gasteiger partial charge in [-0.1, -0.05) is 0 Å². The number of pyridine rings is 2. The lowest BCUT2D eigenvalue weighted by atomic mass is 10.1. The molecule has 0 aliphatic carbocycles. The molecule has 2 aliphatic heterocycles. The first-order valence-corrected chi connectivity index (χ1v) is 13.9. The molecule has 15 heteroatoms. The van der Waals surface area contributed by atoms with Crippen LogP contribution in [0.25, 0.3) is 0 Å². The van der Waals surface area contributed by atoms with Crippen molar-refractivity contribution in [3.05, 3.63) is 55.9 Å². The molecule has 4 N–H and O–H groups in total. The molecular formula is C27H41ClN8O6. The maximum Gasteiger partial charge on any atom is 0.410 e. The number of piperidine rings is 2. The van der Waals surface area contributed by atoms with E-state index >= 15 is 0 Å². The number of aryl methyl sites for hydroxylation is 2. The molecule has 0 atom stereocenters. The number of quaternary nitrogens is 1. The number of likely N-dealkylation sites (tertiary alicyclic amines) is 1. The quantitative estimate of drug-likeness (QED) is 0.309. The van der Waals surface area contributed by atoms with Crippen molar-refractivity contribution in [1.29, 1.82) is 0 Å². The topological polar surface area (TPSA) is 182 Å². The summed E-state index contributed by atoms with van der Waals surface area (Å²) in [6, 6.07) is 4.04. The van der Waals surface area contributed by atoms with Crippen molar-refractivity contribution in [2.24, 2.45) is 0 Å². The van der Waals surface area contributed by atoms with Crippen LogP contribution in [0.1, 0.15) is 57.6 Å². The fourth-order valence-corrected chi connectivity index (χ4v) is 4.66. The van der Waals surface area contributed by atoms with Crippen molar-refractivity contribution in [2.75, 3.05) is 36.8 Å². The number of carbonyl (C=O) groups is 1. The van der Waals surface area contributed by atoms with Gasteiger partial charge in [-0.15, -0.1) is 0 Å². The number of nitrogens with two attached hydrogens (primary N) is 1. The molecule has 4 heterocycles. The Balaban J connectivity index is 0.000000302. The summed E-state index contributed by atoms with van der Waals surface area (Å²) in [4.78, 5) is 42.6. The van der Waals surface area contributed by atoms with Gasteiger partial charge in [0.15, 0.2) is 0 Å². The van der Waals surface area contributed by atoms with E-state index in [1.807, 2.05) is 20.8 Å². The molecular weight excluding hydrogens is 568 g/mol. The van der Waals surface area contributed by atoms with Crippen molar-refractivity contribution in [3.8, 4) is 0 Å². The van der Waals surface area contributed by atoms with E-state index in [0.29, 0.717) is 36.1 Å². The van der Waals surface area contributed by atoms with Gasteiger partial charge < -0.3 is 38.0 Å². The molecule has 2 aliphatic rings. The van der Waals surface area contributed by atoms with Crippen LogP contribution < -0.4 is 28.4 Å². The van der Waals surface area contributed by atoms with Gasteiger partial charge in [0.1, 0.15) is 29.6 Å². The van der Waals surface area contributed by atoms with Crippen LogP contribution in [0.4, 0.5) is 27.8 Å². The third-order valence-corrected chi connectivity index (χ3v) is 6.85. The van der Waals surface area contributed by atoms with Crippen molar-refractivity contribution in [1.82, 2.24) is 14.9 Å². The van der Waals surface area contributed by atoms with Crippen molar-refractivity contribution in [2.45, 2.75) is 78.0 Å². The summed E-state index contributed by atoms with van der Waals surface area (Å²) in [6.07, 6.45) is 6.08. The third-order valence-electron chi connectivity index (χ3n) is 6.85. The molecule has 0 bridgehead atoms. The van der Waals surface area contributed by atoms with Gasteiger partial charge >= 0.3 is 6.09 Å². The van der Waals surface area contributed by atoms with E-state index < -0.39 is 15.4 Å². The van der Waals surface area contributed by atoms with Gasteiger partial charge in [-0.3, -0.25) is 20.2 Å². The molecule has 232 valence electrons. The van der Waals surface area contributed by atoms with Crippen LogP contribution in [-0.4, -0.2) is 74.7 Å². The summed E-state index contributed by atoms with van der Waals surface area (Å²) >= 11 is 0. The predicted molar refractivity (Wildman–Crippen MR) is 154 cm³/mol. The monoisotopic (exact) mass is 608 g/mol. The Labute approximate surface area is 251 Å². The summed E-state index contributed by atoms with van der Waals surface area (Å²) in [5.41, 5.74) is 0.818. The number of nitro groups is 2. The van der Waals surface area contributed by atoms with E-state index in [0.717, 1.165) is 44.6 Å². The number of nitrogens with zero attached hydrogens (tertiary/aromatic N) is 5. The minimum atomic E-state index is -0.494. The van der Waals surface area contributed by atoms with E-state index in [2.05, 4.69) is 25.9 Å². The Bertz CT molecular complexity index is 1230. The summed E-state index contributed by atoms with van der Waals surface area (Å²) in [5, 5.41) is 30.4. The van der Waals surface area contributed by atoms with Gasteiger partial charge in [-0.25, -0.2) is 14.8 Å². The Kier molecular flexibility index (Phi) is 12.7. The Hall–Kier alpha value is -3.78. The van der Waals surface area contributed by atoms with E-state index in [1.165, 1.54) is 12.4 Å². The molecule has 0 saturated carbocycles. The first kappa shape index (κ1) is 34.4. The van der Waals surface area contributed by atoms with Gasteiger partial charge in [-0.05, 0) is 59.6 Å². The molecule has 0 radical (unpaired) electrons. The van der Waals surface area contributed by atoms with Crippen LogP contribution >= 0.6 is 0 Å². The smallest absolute Gasteiger partial charge is 0.410 e. The number of rotatable bonds is 6. The highest BCUT2D eigenvalue weighted by atomic mass is 35.5. The fourth-order valence-electron chi connectivity index (χ4n) is 4.66. The maximum atomic E-state index is 12.0. The van der Waals surface area contributed by atoms with Gasteiger partial charge in [0.05, 0.1) is 22.9 Å². The van der Waals surface area contributed by atoms with E-state index in [1.54, 1.807) is 30.9 Å². The zero-order valence-corrected chi connectivity index (χ0v) is 25.5. The molecule has 42 heavy (non-hydrogen) atoms. The van der Waals surface area contributed by atoms with E-state index in [9.17, 15) is 25.0 Å². The molecule has 2 fully saturated rings. The molecule has 0 unspecified atom stereocenters. The minimum absolute atomic E-state index is 0. The van der Waals surface area contributed by atoms with Gasteiger partial charge in [-0.2, -0.15) is 0 Å². The Morgan fingerprint density at radius 1 is 0.905 bits per heavy atom. The molecule has 0 aromatic carbocycles. The molecule has 2 saturated heterocycles. The third kappa shape index (κ3) is 10.6. The van der Waals surface area contributed by atoms with Gasteiger partial charge in [0.2, 0.25) is 0 Å². The lowest BCUT2D eigenvalue weighted by molar-refractivity contribution is -0.662. The molecule has 2 aromatic rings. The van der Waals surface area contributed by atoms with Crippen LogP contribution in [0.15, 0.2) is 24.5 Å². The van der Waals surface area contributed by atoms with Crippen LogP contribution in [0.2, 0.25) is 0 Å². The number of halogens is 1. The number of hydrogen-bond donors (Lipinski definition) is 3. The zero-order valence-electron chi connectivity index (χ0n) is 24.8. The zero-order chi connectivity index (χ0) is 30.2. The number of hydrogen-bond acceptors (Lipinski definition) is 10. The molecule has 1 amide bonds. The van der Waals surface area contributed by atoms with Crippen molar-refractivity contribution in [3.63, 3.8) is 0 Å². The fraction of sp³-hybridized carbons (Fsp3) is 0.593. The Morgan fingerprint density at radius 2 is 1.33 bits per heavy atom. The highest BCUT2D eigenvalue weighted by Gasteiger charge is 2.27. The highest BCUT2D eigenvalue weighted by Crippen LogP contribution is 2.23. The molecule has 0 spiro atoms. The summed E-state index contributed by atoms with van der Waals surface area (Å²) in [6.45, 7) is 12.4. The minimum Gasteiger partial charge on any atom is -1.00 e. The molecule has 4 rings (SSSR count). The first-order chi connectivity index (χ1) is 19.3. The normalized spacial score (nSPS) is 15.9. The second-order valence-corrected chi connectivity index (χ2v) is 11.4. The standard InChI is InChI=1S/C16H24N4O4.C11H16N4O2.ClH/c1-11-9-14(17-10-13(11)20(22)23)18-12-5-7-19(8-6-12)15(21)24-16(2,3)4;1-8-6-11(13-7-10(8)15(16)17)14-9-2-4-12-5-3-9;/h9-10,12H,5-8H2,1-4H3,(H,17,18);6-7,9,12H,2-5H2,1H3,(H,13,14);1H. The second kappa shape index (κ2) is 15.4. The Morgan fingerprint density at radius 3 is 1.71 bits per heavy atom. The maximum absolute atomic E-state index is 12.0. The van der Waals surface area contributed by atoms with Crippen LogP contribution in [0, 0.1) is 34.1 Å². The number of aromatic nitrogens is 2. The summed E-state index contributed by atoms with van der Waals surface area (Å²) in [5.74, 6) is 1.36. The van der Waals surface area contributed by atoms with E-state index in [4.69, 9.17) is 4.74 Å². The lowest BCUT2D eigenvalue weighted by Crippen LogP contribution is -3.00. The SMILES string of the molecule is Cc1cc(NC2CCN(C(=O)OC(C)(C)C)CC2)ncc1[N+](=O)[O-].Cc1cc(NC2CC[NH2+]CC2)ncc1[N+](=O)[O-].[Cl-]. The number of nitrogens with one attached hydrogen (secondary N) is 2. The number of amides is 1. The molecule has 2 aromatic heterocycles. The predicted octanol–water partition coefficient (Wildman–Crippen LogP) is 0.550. The number of carbonyl (C=O) groups excluding carboxylic acids is 1. The van der Waals surface area contributed by atoms with Crippen LogP contribution in [-0.2, 0) is 4.74 Å². The average Bonchev–Trinajstić information content (AvgIpc) is 2.89. The van der Waals surface area contributed by atoms with Crippen molar-refractivity contribution < 1.29 is 37.1 Å². The summed E-state index contributed by atoms with van der Waals surface area (Å²) < 4.78 is 5.37. The van der Waals surface area contributed by atoms with Crippen LogP contribution in [0.3, 0.4) is 0 Å². The van der Waals surface area contributed by atoms with Gasteiger partial charge in [0.25, 0.3) is 11.4 Å². The van der Waals surface area contributed by atoms with Crippen molar-refractivity contribution >= 4 is 29.1 Å².